The molecular weight excluding hydrogens is 279 g/mol. The van der Waals surface area contributed by atoms with Crippen LogP contribution in [0.15, 0.2) is 0 Å². The third-order valence-electron chi connectivity index (χ3n) is 3.62. The van der Waals surface area contributed by atoms with Crippen molar-refractivity contribution >= 4 is 20.1 Å². The molecule has 0 saturated carbocycles. The van der Waals surface area contributed by atoms with Crippen molar-refractivity contribution in [3.8, 4) is 0 Å². The molecule has 0 aromatic carbocycles. The van der Waals surface area contributed by atoms with Crippen molar-refractivity contribution in [2.24, 2.45) is 0 Å². The number of hydrogen-bond acceptors (Lipinski definition) is 4. The molecule has 0 spiro atoms. The van der Waals surface area contributed by atoms with E-state index in [0.29, 0.717) is 18.8 Å². The fraction of sp³-hybridized carbons (Fsp3) is 1.00. The Labute approximate surface area is 123 Å². The zero-order valence-corrected chi connectivity index (χ0v) is 14.7. The summed E-state index contributed by atoms with van der Waals surface area (Å²) in [6.45, 7) is 8.06. The van der Waals surface area contributed by atoms with E-state index in [-0.39, 0.29) is 4.75 Å². The van der Waals surface area contributed by atoms with Crippen molar-refractivity contribution in [1.82, 2.24) is 9.57 Å². The van der Waals surface area contributed by atoms with E-state index in [9.17, 15) is 4.57 Å². The van der Waals surface area contributed by atoms with Crippen molar-refractivity contribution in [2.75, 3.05) is 40.0 Å². The van der Waals surface area contributed by atoms with Gasteiger partial charge in [0.25, 0.3) is 7.52 Å². The highest BCUT2D eigenvalue weighted by molar-refractivity contribution is 7.81. The minimum Gasteiger partial charge on any atom is -0.316 e. The van der Waals surface area contributed by atoms with Crippen LogP contribution in [-0.4, -0.2) is 60.3 Å². The molecule has 1 unspecified atom stereocenters. The summed E-state index contributed by atoms with van der Waals surface area (Å²) in [4.78, 5) is 2.26. The van der Waals surface area contributed by atoms with Crippen molar-refractivity contribution in [2.45, 2.75) is 44.4 Å². The van der Waals surface area contributed by atoms with Gasteiger partial charge in [-0.1, -0.05) is 6.92 Å². The summed E-state index contributed by atoms with van der Waals surface area (Å²) >= 11 is 4.44. The molecule has 0 amide bonds. The van der Waals surface area contributed by atoms with Gasteiger partial charge in [0, 0.05) is 30.0 Å². The summed E-state index contributed by atoms with van der Waals surface area (Å²) in [6.07, 6.45) is 2.69. The number of nitrogens with zero attached hydrogens (tertiary/aromatic N) is 2. The Balaban J connectivity index is 2.58. The number of thiol groups is 1. The van der Waals surface area contributed by atoms with Gasteiger partial charge < -0.3 is 9.42 Å². The maximum atomic E-state index is 12.9. The maximum Gasteiger partial charge on any atom is 0.272 e. The third kappa shape index (κ3) is 5.39. The predicted molar refractivity (Wildman–Crippen MR) is 85.4 cm³/mol. The van der Waals surface area contributed by atoms with Crippen molar-refractivity contribution in [3.05, 3.63) is 0 Å². The molecule has 0 bridgehead atoms. The Morgan fingerprint density at radius 1 is 1.37 bits per heavy atom. The lowest BCUT2D eigenvalue weighted by molar-refractivity contribution is 0.172. The van der Waals surface area contributed by atoms with Crippen LogP contribution in [0.2, 0.25) is 0 Å². The molecule has 0 aliphatic carbocycles. The summed E-state index contributed by atoms with van der Waals surface area (Å²) < 4.78 is 20.5. The second-order valence-electron chi connectivity index (χ2n) is 6.19. The van der Waals surface area contributed by atoms with Crippen LogP contribution >= 0.6 is 20.1 Å². The van der Waals surface area contributed by atoms with E-state index >= 15 is 0 Å². The average Bonchev–Trinajstić information content (AvgIpc) is 2.35. The van der Waals surface area contributed by atoms with E-state index in [4.69, 9.17) is 4.52 Å². The first-order valence-electron chi connectivity index (χ1n) is 7.06. The molecular formula is C13H29N2O2PS. The van der Waals surface area contributed by atoms with Crippen LogP contribution in [0, 0.1) is 0 Å². The van der Waals surface area contributed by atoms with Gasteiger partial charge in [-0.05, 0) is 40.8 Å². The Morgan fingerprint density at radius 3 is 2.26 bits per heavy atom. The quantitative estimate of drug-likeness (QED) is 0.604. The van der Waals surface area contributed by atoms with E-state index in [2.05, 4.69) is 36.3 Å². The Bertz CT molecular complexity index is 323. The SMILES string of the molecule is CCP(=O)(OCC(C)(C)S)N1CCC(N(C)C)CC1. The first-order valence-corrected chi connectivity index (χ1v) is 9.27. The smallest absolute Gasteiger partial charge is 0.272 e. The van der Waals surface area contributed by atoms with Crippen LogP contribution < -0.4 is 0 Å². The lowest BCUT2D eigenvalue weighted by atomic mass is 10.1. The molecule has 1 rings (SSSR count). The maximum absolute atomic E-state index is 12.9. The number of piperidine rings is 1. The highest BCUT2D eigenvalue weighted by Crippen LogP contribution is 2.52. The van der Waals surface area contributed by atoms with Crippen molar-refractivity contribution < 1.29 is 9.09 Å². The summed E-state index contributed by atoms with van der Waals surface area (Å²) in [5.41, 5.74) is 0. The fourth-order valence-corrected chi connectivity index (χ4v) is 4.58. The lowest BCUT2D eigenvalue weighted by Gasteiger charge is -2.39. The van der Waals surface area contributed by atoms with Crippen LogP contribution in [0.3, 0.4) is 0 Å². The summed E-state index contributed by atoms with van der Waals surface area (Å²) in [6, 6.07) is 0.600. The van der Waals surface area contributed by atoms with E-state index in [1.54, 1.807) is 0 Å². The zero-order valence-electron chi connectivity index (χ0n) is 12.9. The molecule has 19 heavy (non-hydrogen) atoms. The van der Waals surface area contributed by atoms with E-state index in [0.717, 1.165) is 25.9 Å². The molecule has 1 aliphatic rings. The van der Waals surface area contributed by atoms with Crippen LogP contribution in [-0.2, 0) is 9.09 Å². The molecule has 0 radical (unpaired) electrons. The first kappa shape index (κ1) is 17.5. The molecule has 1 saturated heterocycles. The Hall–Kier alpha value is 0.460. The van der Waals surface area contributed by atoms with Crippen molar-refractivity contribution in [3.63, 3.8) is 0 Å². The van der Waals surface area contributed by atoms with Gasteiger partial charge in [-0.2, -0.15) is 12.6 Å². The molecule has 4 nitrogen and oxygen atoms in total. The molecule has 6 heteroatoms. The van der Waals surface area contributed by atoms with Gasteiger partial charge in [0.05, 0.1) is 6.61 Å². The van der Waals surface area contributed by atoms with Crippen LogP contribution in [0.5, 0.6) is 0 Å². The standard InChI is InChI=1S/C13H29N2O2PS/c1-6-18(16,17-11-13(2,3)19)15-9-7-12(8-10-15)14(4)5/h12,19H,6-11H2,1-5H3. The minimum atomic E-state index is -2.66. The lowest BCUT2D eigenvalue weighted by Crippen LogP contribution is -2.41. The van der Waals surface area contributed by atoms with Gasteiger partial charge in [-0.25, -0.2) is 4.67 Å². The van der Waals surface area contributed by atoms with Gasteiger partial charge in [0.2, 0.25) is 0 Å². The van der Waals surface area contributed by atoms with Crippen LogP contribution in [0.25, 0.3) is 0 Å². The Kier molecular flexibility index (Phi) is 6.40. The van der Waals surface area contributed by atoms with E-state index in [1.165, 1.54) is 0 Å². The summed E-state index contributed by atoms with van der Waals surface area (Å²) in [5.74, 6) is 0. The summed E-state index contributed by atoms with van der Waals surface area (Å²) in [5, 5.41) is 0. The largest absolute Gasteiger partial charge is 0.316 e. The molecule has 0 aromatic rings. The number of rotatable bonds is 6. The molecule has 1 aliphatic heterocycles. The second kappa shape index (κ2) is 6.95. The van der Waals surface area contributed by atoms with Crippen molar-refractivity contribution in [1.29, 1.82) is 0 Å². The molecule has 1 atom stereocenters. The van der Waals surface area contributed by atoms with E-state index < -0.39 is 7.52 Å². The van der Waals surface area contributed by atoms with E-state index in [1.807, 2.05) is 20.8 Å². The molecule has 0 N–H and O–H groups in total. The minimum absolute atomic E-state index is 0.243. The van der Waals surface area contributed by atoms with Gasteiger partial charge in [0.1, 0.15) is 0 Å². The highest BCUT2D eigenvalue weighted by Gasteiger charge is 2.34. The molecule has 0 aromatic heterocycles. The third-order valence-corrected chi connectivity index (χ3v) is 6.34. The van der Waals surface area contributed by atoms with Gasteiger partial charge >= 0.3 is 0 Å². The summed E-state index contributed by atoms with van der Waals surface area (Å²) in [7, 11) is 1.56. The fourth-order valence-electron chi connectivity index (χ4n) is 2.31. The molecule has 1 heterocycles. The van der Waals surface area contributed by atoms with Crippen LogP contribution in [0.4, 0.5) is 0 Å². The van der Waals surface area contributed by atoms with Crippen LogP contribution in [0.1, 0.15) is 33.6 Å². The molecule has 1 fully saturated rings. The normalized spacial score (nSPS) is 22.7. The Morgan fingerprint density at radius 2 is 1.89 bits per heavy atom. The topological polar surface area (TPSA) is 32.8 Å². The van der Waals surface area contributed by atoms with Gasteiger partial charge in [-0.3, -0.25) is 4.57 Å². The monoisotopic (exact) mass is 308 g/mol. The zero-order chi connectivity index (χ0) is 14.7. The second-order valence-corrected chi connectivity index (χ2v) is 10.1. The number of hydrogen-bond donors (Lipinski definition) is 1. The van der Waals surface area contributed by atoms with Gasteiger partial charge in [0.15, 0.2) is 0 Å². The average molecular weight is 308 g/mol. The van der Waals surface area contributed by atoms with Gasteiger partial charge in [-0.15, -0.1) is 0 Å². The molecule has 114 valence electrons. The predicted octanol–water partition coefficient (Wildman–Crippen LogP) is 2.95. The highest BCUT2D eigenvalue weighted by atomic mass is 32.1. The first-order chi connectivity index (χ1) is 8.68.